The number of alkyl halides is 2. The SMILES string of the molecule is CCOC(=O)Cc1ccc(=O)[nH]c1C(F)F. The largest absolute Gasteiger partial charge is 0.466 e. The Hall–Kier alpha value is -1.72. The minimum Gasteiger partial charge on any atom is -0.466 e. The lowest BCUT2D eigenvalue weighted by Crippen LogP contribution is -2.15. The number of halogens is 2. The number of aromatic nitrogens is 1. The number of nitrogens with one attached hydrogen (secondary N) is 1. The zero-order valence-corrected chi connectivity index (χ0v) is 8.63. The van der Waals surface area contributed by atoms with Crippen molar-refractivity contribution in [2.24, 2.45) is 0 Å². The molecule has 0 aliphatic carbocycles. The molecule has 0 saturated carbocycles. The number of carbonyl (C=O) groups excluding carboxylic acids is 1. The van der Waals surface area contributed by atoms with Crippen LogP contribution in [0.3, 0.4) is 0 Å². The molecule has 1 N–H and O–H groups in total. The molecule has 1 rings (SSSR count). The number of carbonyl (C=O) groups is 1. The highest BCUT2D eigenvalue weighted by Gasteiger charge is 2.16. The number of aromatic amines is 1. The van der Waals surface area contributed by atoms with Crippen molar-refractivity contribution in [2.45, 2.75) is 19.8 Å². The van der Waals surface area contributed by atoms with E-state index in [1.165, 1.54) is 6.07 Å². The molecule has 1 aromatic rings. The van der Waals surface area contributed by atoms with Gasteiger partial charge in [-0.1, -0.05) is 6.07 Å². The zero-order chi connectivity index (χ0) is 12.1. The molecule has 1 aromatic heterocycles. The van der Waals surface area contributed by atoms with Crippen molar-refractivity contribution in [3.63, 3.8) is 0 Å². The second kappa shape index (κ2) is 5.39. The van der Waals surface area contributed by atoms with Crippen molar-refractivity contribution in [3.8, 4) is 0 Å². The number of hydrogen-bond donors (Lipinski definition) is 1. The van der Waals surface area contributed by atoms with Gasteiger partial charge in [0.25, 0.3) is 6.43 Å². The van der Waals surface area contributed by atoms with E-state index in [-0.39, 0.29) is 18.6 Å². The third-order valence-corrected chi connectivity index (χ3v) is 1.90. The van der Waals surface area contributed by atoms with Crippen LogP contribution in [0.5, 0.6) is 0 Å². The van der Waals surface area contributed by atoms with E-state index in [1.54, 1.807) is 6.92 Å². The molecule has 0 aromatic carbocycles. The lowest BCUT2D eigenvalue weighted by atomic mass is 10.1. The predicted molar refractivity (Wildman–Crippen MR) is 52.4 cm³/mol. The van der Waals surface area contributed by atoms with E-state index in [0.717, 1.165) is 6.07 Å². The fourth-order valence-corrected chi connectivity index (χ4v) is 1.24. The standard InChI is InChI=1S/C10H11F2NO3/c1-2-16-8(15)5-6-3-4-7(14)13-9(6)10(11)12/h3-4,10H,2,5H2,1H3,(H,13,14). The molecule has 0 radical (unpaired) electrons. The molecule has 0 aliphatic rings. The van der Waals surface area contributed by atoms with Crippen LogP contribution in [0, 0.1) is 0 Å². The first-order valence-corrected chi connectivity index (χ1v) is 4.70. The van der Waals surface area contributed by atoms with Crippen LogP contribution in [0.25, 0.3) is 0 Å². The Kier molecular flexibility index (Phi) is 4.16. The molecule has 0 atom stereocenters. The van der Waals surface area contributed by atoms with Gasteiger partial charge >= 0.3 is 5.97 Å². The summed E-state index contributed by atoms with van der Waals surface area (Å²) in [6.45, 7) is 1.81. The Morgan fingerprint density at radius 3 is 2.75 bits per heavy atom. The number of rotatable bonds is 4. The highest BCUT2D eigenvalue weighted by molar-refractivity contribution is 5.72. The summed E-state index contributed by atoms with van der Waals surface area (Å²) in [7, 11) is 0. The van der Waals surface area contributed by atoms with Crippen molar-refractivity contribution in [1.29, 1.82) is 0 Å². The second-order valence-corrected chi connectivity index (χ2v) is 3.04. The highest BCUT2D eigenvalue weighted by Crippen LogP contribution is 2.19. The van der Waals surface area contributed by atoms with Crippen molar-refractivity contribution >= 4 is 5.97 Å². The molecule has 0 unspecified atom stereocenters. The molecule has 0 saturated heterocycles. The third-order valence-electron chi connectivity index (χ3n) is 1.90. The fourth-order valence-electron chi connectivity index (χ4n) is 1.24. The second-order valence-electron chi connectivity index (χ2n) is 3.04. The molecule has 16 heavy (non-hydrogen) atoms. The van der Waals surface area contributed by atoms with E-state index in [1.807, 2.05) is 4.98 Å². The summed E-state index contributed by atoms with van der Waals surface area (Å²) in [4.78, 5) is 24.0. The molecule has 0 aliphatic heterocycles. The first kappa shape index (κ1) is 12.4. The van der Waals surface area contributed by atoms with Gasteiger partial charge in [-0.05, 0) is 12.5 Å². The molecular formula is C10H11F2NO3. The molecule has 88 valence electrons. The summed E-state index contributed by atoms with van der Waals surface area (Å²) in [6.07, 6.45) is -3.09. The number of pyridine rings is 1. The van der Waals surface area contributed by atoms with Gasteiger partial charge in [0.1, 0.15) is 0 Å². The van der Waals surface area contributed by atoms with Crippen molar-refractivity contribution in [2.75, 3.05) is 6.61 Å². The summed E-state index contributed by atoms with van der Waals surface area (Å²) >= 11 is 0. The van der Waals surface area contributed by atoms with Gasteiger partial charge in [0.15, 0.2) is 0 Å². The van der Waals surface area contributed by atoms with Gasteiger partial charge in [0.2, 0.25) is 5.56 Å². The van der Waals surface area contributed by atoms with Gasteiger partial charge in [-0.25, -0.2) is 8.78 Å². The Labute approximate surface area is 90.2 Å². The van der Waals surface area contributed by atoms with Crippen LogP contribution in [0.4, 0.5) is 8.78 Å². The third kappa shape index (κ3) is 3.15. The van der Waals surface area contributed by atoms with Crippen LogP contribution in [-0.4, -0.2) is 17.6 Å². The highest BCUT2D eigenvalue weighted by atomic mass is 19.3. The maximum absolute atomic E-state index is 12.5. The quantitative estimate of drug-likeness (QED) is 0.797. The van der Waals surface area contributed by atoms with Gasteiger partial charge in [-0.3, -0.25) is 9.59 Å². The van der Waals surface area contributed by atoms with E-state index >= 15 is 0 Å². The molecule has 0 bridgehead atoms. The number of ether oxygens (including phenoxy) is 1. The van der Waals surface area contributed by atoms with Crippen molar-refractivity contribution in [3.05, 3.63) is 33.7 Å². The van der Waals surface area contributed by atoms with Crippen LogP contribution in [0.1, 0.15) is 24.6 Å². The van der Waals surface area contributed by atoms with Gasteiger partial charge in [0, 0.05) is 6.07 Å². The van der Waals surface area contributed by atoms with E-state index in [2.05, 4.69) is 4.74 Å². The van der Waals surface area contributed by atoms with Crippen LogP contribution in [0.2, 0.25) is 0 Å². The lowest BCUT2D eigenvalue weighted by molar-refractivity contribution is -0.142. The van der Waals surface area contributed by atoms with Crippen LogP contribution in [0.15, 0.2) is 16.9 Å². The van der Waals surface area contributed by atoms with Crippen molar-refractivity contribution in [1.82, 2.24) is 4.98 Å². The molecule has 0 fully saturated rings. The van der Waals surface area contributed by atoms with Gasteiger partial charge in [0.05, 0.1) is 18.7 Å². The minimum absolute atomic E-state index is 0.0769. The van der Waals surface area contributed by atoms with Gasteiger partial charge in [-0.2, -0.15) is 0 Å². The monoisotopic (exact) mass is 231 g/mol. The maximum atomic E-state index is 12.5. The Balaban J connectivity index is 2.95. The molecular weight excluding hydrogens is 220 g/mol. The Morgan fingerprint density at radius 2 is 2.19 bits per heavy atom. The normalized spacial score (nSPS) is 10.5. The Morgan fingerprint density at radius 1 is 1.50 bits per heavy atom. The van der Waals surface area contributed by atoms with Gasteiger partial charge < -0.3 is 9.72 Å². The molecule has 0 amide bonds. The maximum Gasteiger partial charge on any atom is 0.310 e. The number of hydrogen-bond acceptors (Lipinski definition) is 3. The Bertz CT molecular complexity index is 428. The lowest BCUT2D eigenvalue weighted by Gasteiger charge is -2.07. The summed E-state index contributed by atoms with van der Waals surface area (Å²) in [6, 6.07) is 2.30. The summed E-state index contributed by atoms with van der Waals surface area (Å²) < 4.78 is 29.7. The molecule has 4 nitrogen and oxygen atoms in total. The van der Waals surface area contributed by atoms with Crippen LogP contribution >= 0.6 is 0 Å². The van der Waals surface area contributed by atoms with E-state index in [0.29, 0.717) is 0 Å². The van der Waals surface area contributed by atoms with E-state index in [4.69, 9.17) is 0 Å². The van der Waals surface area contributed by atoms with E-state index < -0.39 is 23.6 Å². The number of esters is 1. The first-order valence-electron chi connectivity index (χ1n) is 4.70. The summed E-state index contributed by atoms with van der Waals surface area (Å²) in [5.74, 6) is -0.601. The molecule has 0 spiro atoms. The first-order chi connectivity index (χ1) is 7.54. The average molecular weight is 231 g/mol. The zero-order valence-electron chi connectivity index (χ0n) is 8.63. The fraction of sp³-hybridized carbons (Fsp3) is 0.400. The van der Waals surface area contributed by atoms with Crippen LogP contribution in [-0.2, 0) is 16.0 Å². The predicted octanol–water partition coefficient (Wildman–Crippen LogP) is 1.42. The van der Waals surface area contributed by atoms with Crippen molar-refractivity contribution < 1.29 is 18.3 Å². The van der Waals surface area contributed by atoms with Gasteiger partial charge in [-0.15, -0.1) is 0 Å². The topological polar surface area (TPSA) is 59.2 Å². The smallest absolute Gasteiger partial charge is 0.310 e. The average Bonchev–Trinajstić information content (AvgIpc) is 2.20. The summed E-state index contributed by atoms with van der Waals surface area (Å²) in [5, 5.41) is 0. The molecule has 1 heterocycles. The minimum atomic E-state index is -2.82. The molecule has 6 heteroatoms. The van der Waals surface area contributed by atoms with E-state index in [9.17, 15) is 18.4 Å². The summed E-state index contributed by atoms with van der Waals surface area (Å²) in [5.41, 5.74) is -1.07. The van der Waals surface area contributed by atoms with Crippen LogP contribution < -0.4 is 5.56 Å². The number of H-pyrrole nitrogens is 1.